The third-order valence-corrected chi connectivity index (χ3v) is 7.02. The van der Waals surface area contributed by atoms with Crippen LogP contribution in [0.4, 0.5) is 0 Å². The molecule has 0 amide bonds. The summed E-state index contributed by atoms with van der Waals surface area (Å²) in [5, 5.41) is 13.1. The molecule has 2 N–H and O–H groups in total. The van der Waals surface area contributed by atoms with Gasteiger partial charge in [0.1, 0.15) is 17.8 Å². The van der Waals surface area contributed by atoms with Gasteiger partial charge in [-0.05, 0) is 62.6 Å². The molecule has 7 nitrogen and oxygen atoms in total. The predicted octanol–water partition coefficient (Wildman–Crippen LogP) is 3.88. The molecule has 1 fully saturated rings. The lowest BCUT2D eigenvalue weighted by molar-refractivity contribution is -0.151. The number of benzene rings is 1. The summed E-state index contributed by atoms with van der Waals surface area (Å²) in [7, 11) is 1.28. The molecule has 1 aromatic rings. The van der Waals surface area contributed by atoms with Gasteiger partial charge in [0, 0.05) is 22.9 Å². The van der Waals surface area contributed by atoms with Crippen LogP contribution in [0.5, 0.6) is 5.75 Å². The van der Waals surface area contributed by atoms with Crippen molar-refractivity contribution in [3.05, 3.63) is 52.4 Å². The van der Waals surface area contributed by atoms with Gasteiger partial charge in [-0.2, -0.15) is 0 Å². The molecule has 1 saturated carbocycles. The number of phenolic OH excluding ortho intramolecular Hbond substituents is 1. The SMILES string of the molecule is COC(=O)[C@@H]1C(=O)C2=C(C[C@H]1C)NC(C)=C(C(=O)OC1CCCCC1)[C@@H]2c1ccc(O)cc1. The van der Waals surface area contributed by atoms with Crippen molar-refractivity contribution in [3.8, 4) is 5.75 Å². The van der Waals surface area contributed by atoms with Crippen molar-refractivity contribution in [1.82, 2.24) is 5.32 Å². The third-order valence-electron chi connectivity index (χ3n) is 7.02. The Balaban J connectivity index is 1.77. The summed E-state index contributed by atoms with van der Waals surface area (Å²) in [5.41, 5.74) is 2.82. The summed E-state index contributed by atoms with van der Waals surface area (Å²) in [6, 6.07) is 6.47. The minimum absolute atomic E-state index is 0.0879. The molecule has 1 aliphatic heterocycles. The number of nitrogens with one attached hydrogen (secondary N) is 1. The Kier molecular flexibility index (Phi) is 6.58. The zero-order valence-electron chi connectivity index (χ0n) is 19.3. The molecule has 0 radical (unpaired) electrons. The van der Waals surface area contributed by atoms with E-state index in [9.17, 15) is 19.5 Å². The minimum Gasteiger partial charge on any atom is -0.508 e. The standard InChI is InChI=1S/C26H31NO6/c1-14-13-19-23(24(29)20(14)25(30)32-3)22(16-9-11-17(28)12-10-16)21(15(2)27-19)26(31)33-18-7-5-4-6-8-18/h9-12,14,18,20,22,27-28H,4-8,13H2,1-3H3/t14-,20+,22+/m1/s1. The van der Waals surface area contributed by atoms with Crippen LogP contribution in [0, 0.1) is 11.8 Å². The Morgan fingerprint density at radius 2 is 1.76 bits per heavy atom. The zero-order valence-corrected chi connectivity index (χ0v) is 19.3. The number of aromatic hydroxyl groups is 1. The third kappa shape index (κ3) is 4.41. The van der Waals surface area contributed by atoms with Crippen LogP contribution in [0.25, 0.3) is 0 Å². The maximum Gasteiger partial charge on any atom is 0.337 e. The zero-order chi connectivity index (χ0) is 23.7. The summed E-state index contributed by atoms with van der Waals surface area (Å²) in [5.74, 6) is -3.12. The first kappa shape index (κ1) is 23.1. The number of esters is 2. The second-order valence-corrected chi connectivity index (χ2v) is 9.29. The lowest BCUT2D eigenvalue weighted by Gasteiger charge is -2.38. The molecular formula is C26H31NO6. The van der Waals surface area contributed by atoms with Crippen molar-refractivity contribution in [2.24, 2.45) is 11.8 Å². The average molecular weight is 454 g/mol. The van der Waals surface area contributed by atoms with Crippen molar-refractivity contribution in [2.75, 3.05) is 7.11 Å². The molecule has 1 heterocycles. The highest BCUT2D eigenvalue weighted by Crippen LogP contribution is 2.46. The van der Waals surface area contributed by atoms with Gasteiger partial charge in [-0.3, -0.25) is 9.59 Å². The highest BCUT2D eigenvalue weighted by Gasteiger charge is 2.47. The van der Waals surface area contributed by atoms with Crippen molar-refractivity contribution in [3.63, 3.8) is 0 Å². The van der Waals surface area contributed by atoms with E-state index in [1.54, 1.807) is 12.1 Å². The molecule has 0 saturated heterocycles. The molecule has 33 heavy (non-hydrogen) atoms. The van der Waals surface area contributed by atoms with Gasteiger partial charge in [0.2, 0.25) is 0 Å². The van der Waals surface area contributed by atoms with Crippen LogP contribution in [0.2, 0.25) is 0 Å². The minimum atomic E-state index is -0.927. The molecule has 176 valence electrons. The molecule has 0 aromatic heterocycles. The van der Waals surface area contributed by atoms with E-state index in [0.29, 0.717) is 28.8 Å². The van der Waals surface area contributed by atoms with E-state index < -0.39 is 23.8 Å². The van der Waals surface area contributed by atoms with E-state index in [1.165, 1.54) is 19.2 Å². The molecule has 0 spiro atoms. The summed E-state index contributed by atoms with van der Waals surface area (Å²) in [4.78, 5) is 39.6. The van der Waals surface area contributed by atoms with E-state index in [1.807, 2.05) is 13.8 Å². The first-order chi connectivity index (χ1) is 15.8. The highest BCUT2D eigenvalue weighted by molar-refractivity contribution is 6.12. The van der Waals surface area contributed by atoms with Crippen LogP contribution in [0.1, 0.15) is 63.9 Å². The van der Waals surface area contributed by atoms with E-state index >= 15 is 0 Å². The van der Waals surface area contributed by atoms with Crippen molar-refractivity contribution in [2.45, 2.75) is 64.4 Å². The number of hydrogen-bond acceptors (Lipinski definition) is 7. The predicted molar refractivity (Wildman–Crippen MR) is 121 cm³/mol. The van der Waals surface area contributed by atoms with Crippen LogP contribution >= 0.6 is 0 Å². The molecule has 7 heteroatoms. The Bertz CT molecular complexity index is 1020. The molecule has 3 aliphatic rings. The van der Waals surface area contributed by atoms with Gasteiger partial charge >= 0.3 is 11.9 Å². The normalized spacial score (nSPS) is 25.9. The number of carbonyl (C=O) groups excluding carboxylic acids is 3. The van der Waals surface area contributed by atoms with Crippen LogP contribution in [0.15, 0.2) is 46.8 Å². The monoisotopic (exact) mass is 453 g/mol. The molecule has 4 rings (SSSR count). The quantitative estimate of drug-likeness (QED) is 0.527. The molecular weight excluding hydrogens is 422 g/mol. The van der Waals surface area contributed by atoms with Gasteiger partial charge in [0.05, 0.1) is 12.7 Å². The summed E-state index contributed by atoms with van der Waals surface area (Å²) in [6.45, 7) is 3.67. The second kappa shape index (κ2) is 9.41. The van der Waals surface area contributed by atoms with Crippen molar-refractivity contribution >= 4 is 17.7 Å². The van der Waals surface area contributed by atoms with Gasteiger partial charge in [-0.25, -0.2) is 4.79 Å². The lowest BCUT2D eigenvalue weighted by atomic mass is 9.69. The number of methoxy groups -OCH3 is 1. The first-order valence-corrected chi connectivity index (χ1v) is 11.6. The molecule has 0 unspecified atom stereocenters. The van der Waals surface area contributed by atoms with E-state index in [2.05, 4.69) is 5.32 Å². The van der Waals surface area contributed by atoms with Gasteiger partial charge in [0.15, 0.2) is 5.78 Å². The fourth-order valence-corrected chi connectivity index (χ4v) is 5.35. The largest absolute Gasteiger partial charge is 0.508 e. The Morgan fingerprint density at radius 1 is 1.09 bits per heavy atom. The maximum absolute atomic E-state index is 13.7. The van der Waals surface area contributed by atoms with Gasteiger partial charge in [-0.15, -0.1) is 0 Å². The average Bonchev–Trinajstić information content (AvgIpc) is 2.79. The van der Waals surface area contributed by atoms with Crippen LogP contribution in [0.3, 0.4) is 0 Å². The van der Waals surface area contributed by atoms with Crippen molar-refractivity contribution in [1.29, 1.82) is 0 Å². The summed E-state index contributed by atoms with van der Waals surface area (Å²) >= 11 is 0. The summed E-state index contributed by atoms with van der Waals surface area (Å²) < 4.78 is 10.8. The molecule has 0 bridgehead atoms. The second-order valence-electron chi connectivity index (χ2n) is 9.29. The Hall–Kier alpha value is -3.09. The number of hydrogen-bond donors (Lipinski definition) is 2. The number of allylic oxidation sites excluding steroid dienone is 3. The number of dihydropyridines is 1. The fourth-order valence-electron chi connectivity index (χ4n) is 5.35. The van der Waals surface area contributed by atoms with Gasteiger partial charge in [-0.1, -0.05) is 25.5 Å². The van der Waals surface area contributed by atoms with E-state index in [4.69, 9.17) is 9.47 Å². The highest BCUT2D eigenvalue weighted by atomic mass is 16.5. The van der Waals surface area contributed by atoms with E-state index in [-0.39, 0.29) is 23.6 Å². The Morgan fingerprint density at radius 3 is 2.39 bits per heavy atom. The molecule has 1 aromatic carbocycles. The van der Waals surface area contributed by atoms with E-state index in [0.717, 1.165) is 37.8 Å². The van der Waals surface area contributed by atoms with Gasteiger partial charge in [0.25, 0.3) is 0 Å². The smallest absolute Gasteiger partial charge is 0.337 e. The topological polar surface area (TPSA) is 102 Å². The van der Waals surface area contributed by atoms with Gasteiger partial charge < -0.3 is 19.9 Å². The maximum atomic E-state index is 13.7. The summed E-state index contributed by atoms with van der Waals surface area (Å²) in [6.07, 6.45) is 5.23. The number of rotatable bonds is 4. The van der Waals surface area contributed by atoms with Crippen LogP contribution < -0.4 is 5.32 Å². The number of ether oxygens (including phenoxy) is 2. The number of ketones is 1. The number of Topliss-reactive ketones (excluding diaryl/α,β-unsaturated/α-hetero) is 1. The number of carbonyl (C=O) groups is 3. The van der Waals surface area contributed by atoms with Crippen LogP contribution in [-0.2, 0) is 23.9 Å². The Labute approximate surface area is 193 Å². The van der Waals surface area contributed by atoms with Crippen molar-refractivity contribution < 1.29 is 29.0 Å². The molecule has 3 atom stereocenters. The van der Waals surface area contributed by atoms with Crippen LogP contribution in [-0.4, -0.2) is 36.0 Å². The number of phenols is 1. The lowest BCUT2D eigenvalue weighted by Crippen LogP contribution is -2.43. The fraction of sp³-hybridized carbons (Fsp3) is 0.500. The molecule has 2 aliphatic carbocycles. The first-order valence-electron chi connectivity index (χ1n) is 11.6.